The second kappa shape index (κ2) is 11.9. The van der Waals surface area contributed by atoms with E-state index in [2.05, 4.69) is 34.2 Å². The first kappa shape index (κ1) is 23.3. The van der Waals surface area contributed by atoms with Crippen LogP contribution in [0.25, 0.3) is 6.08 Å². The van der Waals surface area contributed by atoms with Gasteiger partial charge in [0, 0.05) is 63.7 Å². The number of amides is 1. The maximum absolute atomic E-state index is 12.5. The van der Waals surface area contributed by atoms with Crippen molar-refractivity contribution >= 4 is 23.7 Å². The molecule has 1 amide bonds. The molecule has 1 saturated heterocycles. The third kappa shape index (κ3) is 7.36. The number of unbranched alkanes of at least 4 members (excludes halogenated alkanes) is 1. The van der Waals surface area contributed by atoms with Gasteiger partial charge in [0.2, 0.25) is 5.91 Å². The van der Waals surface area contributed by atoms with Crippen LogP contribution >= 0.6 is 11.8 Å². The molecule has 1 aromatic carbocycles. The summed E-state index contributed by atoms with van der Waals surface area (Å²) in [5, 5.41) is 0.744. The van der Waals surface area contributed by atoms with Crippen LogP contribution in [0.5, 0.6) is 0 Å². The standard InChI is InChI=1S/C24H32N4O2S/c1-20-19-23(30)26(2)24(25-20)31-18-7-6-12-22(29)28-16-14-27(15-17-28)13-8-11-21-9-4-3-5-10-21/h3-5,8-11,19H,6-7,12-18H2,1-2H3/b11-8+. The van der Waals surface area contributed by atoms with Gasteiger partial charge in [-0.25, -0.2) is 4.98 Å². The molecule has 0 N–H and O–H groups in total. The molecule has 2 aromatic rings. The zero-order valence-corrected chi connectivity index (χ0v) is 19.3. The molecule has 1 aromatic heterocycles. The molecule has 166 valence electrons. The normalized spacial score (nSPS) is 15.0. The van der Waals surface area contributed by atoms with E-state index in [4.69, 9.17) is 0 Å². The van der Waals surface area contributed by atoms with Crippen LogP contribution in [0.3, 0.4) is 0 Å². The predicted octanol–water partition coefficient (Wildman–Crippen LogP) is 3.21. The van der Waals surface area contributed by atoms with Crippen LogP contribution in [0.1, 0.15) is 30.5 Å². The fourth-order valence-corrected chi connectivity index (χ4v) is 4.56. The predicted molar refractivity (Wildman–Crippen MR) is 127 cm³/mol. The Hall–Kier alpha value is -2.38. The topological polar surface area (TPSA) is 58.4 Å². The number of carbonyl (C=O) groups is 1. The Bertz CT molecular complexity index is 934. The molecule has 0 unspecified atom stereocenters. The lowest BCUT2D eigenvalue weighted by molar-refractivity contribution is -0.132. The number of benzene rings is 1. The fourth-order valence-electron chi connectivity index (χ4n) is 3.54. The molecule has 0 spiro atoms. The van der Waals surface area contributed by atoms with Crippen LogP contribution in [-0.4, -0.2) is 63.7 Å². The summed E-state index contributed by atoms with van der Waals surface area (Å²) in [4.78, 5) is 33.1. The molecule has 0 radical (unpaired) electrons. The van der Waals surface area contributed by atoms with Gasteiger partial charge in [0.25, 0.3) is 5.56 Å². The van der Waals surface area contributed by atoms with Gasteiger partial charge in [-0.15, -0.1) is 0 Å². The smallest absolute Gasteiger partial charge is 0.254 e. The lowest BCUT2D eigenvalue weighted by Gasteiger charge is -2.34. The van der Waals surface area contributed by atoms with E-state index in [1.807, 2.05) is 30.0 Å². The second-order valence-corrected chi connectivity index (χ2v) is 8.94. The van der Waals surface area contributed by atoms with Crippen molar-refractivity contribution in [1.82, 2.24) is 19.4 Å². The number of nitrogens with zero attached hydrogens (tertiary/aromatic N) is 4. The molecular weight excluding hydrogens is 408 g/mol. The SMILES string of the molecule is Cc1cc(=O)n(C)c(SCCCCC(=O)N2CCN(C/C=C/c3ccccc3)CC2)n1. The first-order chi connectivity index (χ1) is 15.0. The summed E-state index contributed by atoms with van der Waals surface area (Å²) < 4.78 is 1.58. The zero-order chi connectivity index (χ0) is 22.1. The minimum atomic E-state index is -0.0279. The summed E-state index contributed by atoms with van der Waals surface area (Å²) in [6.07, 6.45) is 6.74. The van der Waals surface area contributed by atoms with Crippen LogP contribution in [0.15, 0.2) is 52.4 Å². The van der Waals surface area contributed by atoms with Crippen molar-refractivity contribution in [3.63, 3.8) is 0 Å². The van der Waals surface area contributed by atoms with Crippen LogP contribution in [0.2, 0.25) is 0 Å². The van der Waals surface area contributed by atoms with Crippen molar-refractivity contribution in [2.45, 2.75) is 31.3 Å². The number of carbonyl (C=O) groups excluding carboxylic acids is 1. The van der Waals surface area contributed by atoms with Gasteiger partial charge in [-0.05, 0) is 25.3 Å². The van der Waals surface area contributed by atoms with Crippen LogP contribution in [0.4, 0.5) is 0 Å². The number of thioether (sulfide) groups is 1. The molecule has 0 atom stereocenters. The van der Waals surface area contributed by atoms with Gasteiger partial charge in [0.1, 0.15) is 0 Å². The summed E-state index contributed by atoms with van der Waals surface area (Å²) in [6.45, 7) is 6.22. The molecule has 1 fully saturated rings. The fraction of sp³-hybridized carbons (Fsp3) is 0.458. The average Bonchev–Trinajstić information content (AvgIpc) is 2.77. The van der Waals surface area contributed by atoms with E-state index in [0.717, 1.165) is 62.2 Å². The molecule has 0 saturated carbocycles. The summed E-state index contributed by atoms with van der Waals surface area (Å²) in [5.41, 5.74) is 1.94. The number of rotatable bonds is 9. The minimum Gasteiger partial charge on any atom is -0.340 e. The van der Waals surface area contributed by atoms with Crippen molar-refractivity contribution in [3.05, 3.63) is 64.1 Å². The Labute approximate surface area is 189 Å². The molecule has 6 nitrogen and oxygen atoms in total. The van der Waals surface area contributed by atoms with E-state index in [1.54, 1.807) is 29.4 Å². The third-order valence-corrected chi connectivity index (χ3v) is 6.55. The van der Waals surface area contributed by atoms with Gasteiger partial charge >= 0.3 is 0 Å². The number of piperazine rings is 1. The van der Waals surface area contributed by atoms with E-state index in [0.29, 0.717) is 6.42 Å². The van der Waals surface area contributed by atoms with E-state index < -0.39 is 0 Å². The first-order valence-corrected chi connectivity index (χ1v) is 11.9. The van der Waals surface area contributed by atoms with Gasteiger partial charge in [0.15, 0.2) is 5.16 Å². The summed E-state index contributed by atoms with van der Waals surface area (Å²) in [5.74, 6) is 1.11. The van der Waals surface area contributed by atoms with Crippen molar-refractivity contribution in [2.24, 2.45) is 7.05 Å². The summed E-state index contributed by atoms with van der Waals surface area (Å²) in [7, 11) is 1.75. The maximum atomic E-state index is 12.5. The molecule has 0 bridgehead atoms. The highest BCUT2D eigenvalue weighted by Crippen LogP contribution is 2.16. The molecule has 31 heavy (non-hydrogen) atoms. The van der Waals surface area contributed by atoms with Crippen molar-refractivity contribution in [1.29, 1.82) is 0 Å². The lowest BCUT2D eigenvalue weighted by atomic mass is 10.2. The molecule has 7 heteroatoms. The minimum absolute atomic E-state index is 0.0279. The largest absolute Gasteiger partial charge is 0.340 e. The third-order valence-electron chi connectivity index (χ3n) is 5.44. The Morgan fingerprint density at radius 3 is 2.61 bits per heavy atom. The maximum Gasteiger partial charge on any atom is 0.254 e. The summed E-state index contributed by atoms with van der Waals surface area (Å²) in [6, 6.07) is 11.9. The Morgan fingerprint density at radius 1 is 1.13 bits per heavy atom. The van der Waals surface area contributed by atoms with Crippen LogP contribution in [0, 0.1) is 6.92 Å². The van der Waals surface area contributed by atoms with E-state index >= 15 is 0 Å². The Balaban J connectivity index is 1.30. The molecule has 1 aliphatic rings. The number of aromatic nitrogens is 2. The molecule has 2 heterocycles. The lowest BCUT2D eigenvalue weighted by Crippen LogP contribution is -2.48. The monoisotopic (exact) mass is 440 g/mol. The quantitative estimate of drug-likeness (QED) is 0.340. The zero-order valence-electron chi connectivity index (χ0n) is 18.5. The van der Waals surface area contributed by atoms with Crippen molar-refractivity contribution in [3.8, 4) is 0 Å². The van der Waals surface area contributed by atoms with Gasteiger partial charge in [-0.1, -0.05) is 54.2 Å². The molecular formula is C24H32N4O2S. The van der Waals surface area contributed by atoms with Gasteiger partial charge < -0.3 is 4.90 Å². The van der Waals surface area contributed by atoms with Gasteiger partial charge in [-0.2, -0.15) is 0 Å². The Kier molecular flexibility index (Phi) is 8.91. The highest BCUT2D eigenvalue weighted by atomic mass is 32.2. The van der Waals surface area contributed by atoms with Gasteiger partial charge in [-0.3, -0.25) is 19.1 Å². The highest BCUT2D eigenvalue weighted by molar-refractivity contribution is 7.99. The van der Waals surface area contributed by atoms with E-state index in [1.165, 1.54) is 5.56 Å². The number of hydrogen-bond acceptors (Lipinski definition) is 5. The first-order valence-electron chi connectivity index (χ1n) is 10.9. The number of hydrogen-bond donors (Lipinski definition) is 0. The van der Waals surface area contributed by atoms with Crippen molar-refractivity contribution in [2.75, 3.05) is 38.5 Å². The van der Waals surface area contributed by atoms with E-state index in [9.17, 15) is 9.59 Å². The molecule has 0 aliphatic carbocycles. The summed E-state index contributed by atoms with van der Waals surface area (Å²) >= 11 is 1.58. The highest BCUT2D eigenvalue weighted by Gasteiger charge is 2.19. The van der Waals surface area contributed by atoms with E-state index in [-0.39, 0.29) is 11.5 Å². The van der Waals surface area contributed by atoms with Gasteiger partial charge in [0.05, 0.1) is 0 Å². The average molecular weight is 441 g/mol. The second-order valence-electron chi connectivity index (χ2n) is 7.88. The number of aryl methyl sites for hydroxylation is 1. The van der Waals surface area contributed by atoms with Crippen LogP contribution in [-0.2, 0) is 11.8 Å². The van der Waals surface area contributed by atoms with Crippen molar-refractivity contribution < 1.29 is 4.79 Å². The Morgan fingerprint density at radius 2 is 1.87 bits per heavy atom. The molecule has 1 aliphatic heterocycles. The molecule has 3 rings (SSSR count). The van der Waals surface area contributed by atoms with Crippen LogP contribution < -0.4 is 5.56 Å².